The number of hydrogen-bond donors (Lipinski definition) is 1. The van der Waals surface area contributed by atoms with Gasteiger partial charge in [0.15, 0.2) is 0 Å². The van der Waals surface area contributed by atoms with Crippen LogP contribution >= 0.6 is 24.0 Å². The molecule has 0 aliphatic rings. The minimum Gasteiger partial charge on any atom is -0.341 e. The number of nitrogens with one attached hydrogen (secondary N) is 1. The maximum Gasteiger partial charge on any atom is 0.138 e. The number of thioether (sulfide) groups is 1. The Kier molecular flexibility index (Phi) is 5.17. The van der Waals surface area contributed by atoms with Crippen molar-refractivity contribution in [3.8, 4) is 0 Å². The van der Waals surface area contributed by atoms with Gasteiger partial charge in [0.05, 0.1) is 0 Å². The van der Waals surface area contributed by atoms with Crippen LogP contribution < -0.4 is 5.32 Å². The number of hydrogen-bond acceptors (Lipinski definition) is 3. The zero-order chi connectivity index (χ0) is 12.6. The summed E-state index contributed by atoms with van der Waals surface area (Å²) in [6.45, 7) is 0. The lowest BCUT2D eigenvalue weighted by Gasteiger charge is -2.07. The first-order valence-electron chi connectivity index (χ1n) is 5.72. The minimum atomic E-state index is 0.815. The first-order valence-corrected chi connectivity index (χ1v) is 7.12. The molecule has 2 nitrogen and oxygen atoms in total. The van der Waals surface area contributed by atoms with Crippen LogP contribution in [0.1, 0.15) is 5.56 Å². The Balaban J connectivity index is 1.73. The Labute approximate surface area is 117 Å². The number of anilines is 1. The highest BCUT2D eigenvalue weighted by Gasteiger charge is 1.99. The quantitative estimate of drug-likeness (QED) is 0.858. The zero-order valence-corrected chi connectivity index (χ0v) is 11.5. The molecule has 0 bridgehead atoms. The molecule has 1 aromatic heterocycles. The molecule has 1 heterocycles. The van der Waals surface area contributed by atoms with Crippen molar-refractivity contribution in [2.45, 2.75) is 6.42 Å². The Hall–Kier alpha value is -1.39. The fourth-order valence-electron chi connectivity index (χ4n) is 1.49. The number of pyridine rings is 1. The van der Waals surface area contributed by atoms with E-state index in [-0.39, 0.29) is 0 Å². The molecule has 0 fully saturated rings. The van der Waals surface area contributed by atoms with Gasteiger partial charge < -0.3 is 5.32 Å². The van der Waals surface area contributed by atoms with E-state index in [1.807, 2.05) is 54.9 Å². The molecular weight excluding hydrogens is 260 g/mol. The zero-order valence-electron chi connectivity index (χ0n) is 9.87. The van der Waals surface area contributed by atoms with Crippen molar-refractivity contribution in [2.75, 3.05) is 11.1 Å². The topological polar surface area (TPSA) is 24.9 Å². The molecule has 18 heavy (non-hydrogen) atoms. The van der Waals surface area contributed by atoms with E-state index >= 15 is 0 Å². The third-order valence-electron chi connectivity index (χ3n) is 2.39. The van der Waals surface area contributed by atoms with Gasteiger partial charge in [0.25, 0.3) is 0 Å². The average Bonchev–Trinajstić information content (AvgIpc) is 2.41. The van der Waals surface area contributed by atoms with Crippen LogP contribution in [0.25, 0.3) is 0 Å². The molecule has 1 aromatic carbocycles. The van der Waals surface area contributed by atoms with Gasteiger partial charge >= 0.3 is 0 Å². The maximum absolute atomic E-state index is 5.29. The predicted molar refractivity (Wildman–Crippen MR) is 83.1 cm³/mol. The first kappa shape index (κ1) is 13.1. The van der Waals surface area contributed by atoms with Gasteiger partial charge in [0.2, 0.25) is 0 Å². The Morgan fingerprint density at radius 3 is 2.56 bits per heavy atom. The maximum atomic E-state index is 5.29. The summed E-state index contributed by atoms with van der Waals surface area (Å²) in [6.07, 6.45) is 4.64. The number of rotatable bonds is 4. The highest BCUT2D eigenvalue weighted by atomic mass is 32.2. The smallest absolute Gasteiger partial charge is 0.138 e. The van der Waals surface area contributed by atoms with Gasteiger partial charge in [-0.25, -0.2) is 0 Å². The van der Waals surface area contributed by atoms with Crippen molar-refractivity contribution in [3.05, 3.63) is 60.4 Å². The second-order valence-corrected chi connectivity index (χ2v) is 5.50. The molecule has 0 saturated heterocycles. The predicted octanol–water partition coefficient (Wildman–Crippen LogP) is 3.75. The Bertz CT molecular complexity index is 486. The molecule has 1 N–H and O–H groups in total. The van der Waals surface area contributed by atoms with Crippen LogP contribution in [0.5, 0.6) is 0 Å². The van der Waals surface area contributed by atoms with E-state index in [1.54, 1.807) is 11.8 Å². The molecule has 0 radical (unpaired) electrons. The number of nitrogens with zero attached hydrogens (tertiary/aromatic N) is 1. The van der Waals surface area contributed by atoms with E-state index in [1.165, 1.54) is 5.56 Å². The van der Waals surface area contributed by atoms with Crippen LogP contribution in [-0.2, 0) is 6.42 Å². The number of aromatic nitrogens is 1. The molecule has 0 saturated carbocycles. The van der Waals surface area contributed by atoms with Gasteiger partial charge in [0.1, 0.15) is 4.32 Å². The highest BCUT2D eigenvalue weighted by Crippen LogP contribution is 2.12. The van der Waals surface area contributed by atoms with Gasteiger partial charge in [-0.05, 0) is 36.2 Å². The summed E-state index contributed by atoms with van der Waals surface area (Å²) in [4.78, 5) is 4.00. The minimum absolute atomic E-state index is 0.815. The fourth-order valence-corrected chi connectivity index (χ4v) is 2.57. The van der Waals surface area contributed by atoms with Gasteiger partial charge in [-0.15, -0.1) is 0 Å². The Morgan fingerprint density at radius 2 is 1.83 bits per heavy atom. The van der Waals surface area contributed by atoms with Crippen LogP contribution in [0.2, 0.25) is 0 Å². The molecule has 0 amide bonds. The molecule has 0 atom stereocenters. The number of aryl methyl sites for hydroxylation is 1. The summed E-state index contributed by atoms with van der Waals surface area (Å²) in [5.74, 6) is 0.975. The number of benzene rings is 1. The van der Waals surface area contributed by atoms with E-state index in [9.17, 15) is 0 Å². The van der Waals surface area contributed by atoms with E-state index < -0.39 is 0 Å². The lowest BCUT2D eigenvalue weighted by Crippen LogP contribution is -2.05. The third kappa shape index (κ3) is 4.47. The molecule has 0 aliphatic heterocycles. The lowest BCUT2D eigenvalue weighted by molar-refractivity contribution is 1.14. The van der Waals surface area contributed by atoms with Crippen LogP contribution in [-0.4, -0.2) is 15.1 Å². The van der Waals surface area contributed by atoms with Crippen molar-refractivity contribution >= 4 is 34.0 Å². The normalized spacial score (nSPS) is 10.0. The second-order valence-electron chi connectivity index (χ2n) is 3.73. The molecule has 92 valence electrons. The largest absolute Gasteiger partial charge is 0.341 e. The van der Waals surface area contributed by atoms with Crippen LogP contribution in [0, 0.1) is 0 Å². The molecule has 4 heteroatoms. The fraction of sp³-hybridized carbons (Fsp3) is 0.143. The summed E-state index contributed by atoms with van der Waals surface area (Å²) >= 11 is 6.96. The average molecular weight is 274 g/mol. The van der Waals surface area contributed by atoms with Crippen molar-refractivity contribution < 1.29 is 0 Å². The molecule has 0 unspecified atom stereocenters. The second kappa shape index (κ2) is 7.13. The van der Waals surface area contributed by atoms with Crippen molar-refractivity contribution in [3.63, 3.8) is 0 Å². The van der Waals surface area contributed by atoms with Crippen LogP contribution in [0.3, 0.4) is 0 Å². The van der Waals surface area contributed by atoms with Gasteiger partial charge in [-0.3, -0.25) is 4.98 Å². The summed E-state index contributed by atoms with van der Waals surface area (Å²) in [6, 6.07) is 14.1. The Morgan fingerprint density at radius 1 is 1.11 bits per heavy atom. The van der Waals surface area contributed by atoms with Gasteiger partial charge in [-0.2, -0.15) is 0 Å². The molecule has 0 spiro atoms. The summed E-state index contributed by atoms with van der Waals surface area (Å²) in [5.41, 5.74) is 2.33. The standard InChI is InChI=1S/C14H14N2S2/c17-14(16-13-4-2-1-3-5-13)18-11-8-12-6-9-15-10-7-12/h1-7,9-10H,8,11H2,(H,16,17). The first-order chi connectivity index (χ1) is 8.84. The van der Waals surface area contributed by atoms with Gasteiger partial charge in [0, 0.05) is 23.8 Å². The lowest BCUT2D eigenvalue weighted by atomic mass is 10.2. The summed E-state index contributed by atoms with van der Waals surface area (Å²) in [7, 11) is 0. The van der Waals surface area contributed by atoms with E-state index in [2.05, 4.69) is 10.3 Å². The van der Waals surface area contributed by atoms with Gasteiger partial charge in [-0.1, -0.05) is 42.2 Å². The van der Waals surface area contributed by atoms with E-state index in [0.29, 0.717) is 0 Å². The van der Waals surface area contributed by atoms with Crippen molar-refractivity contribution in [2.24, 2.45) is 0 Å². The monoisotopic (exact) mass is 274 g/mol. The molecule has 2 aromatic rings. The molecule has 0 aliphatic carbocycles. The third-order valence-corrected chi connectivity index (χ3v) is 3.62. The SMILES string of the molecule is S=C(Nc1ccccc1)SCCc1ccncc1. The van der Waals surface area contributed by atoms with Crippen molar-refractivity contribution in [1.29, 1.82) is 0 Å². The van der Waals surface area contributed by atoms with E-state index in [4.69, 9.17) is 12.2 Å². The molecule has 2 rings (SSSR count). The van der Waals surface area contributed by atoms with Crippen LogP contribution in [0.15, 0.2) is 54.9 Å². The number of thiocarbonyl (C=S) groups is 1. The van der Waals surface area contributed by atoms with E-state index in [0.717, 1.165) is 22.2 Å². The molecular formula is C14H14N2S2. The highest BCUT2D eigenvalue weighted by molar-refractivity contribution is 8.23. The summed E-state index contributed by atoms with van der Waals surface area (Å²) < 4.78 is 0.815. The summed E-state index contributed by atoms with van der Waals surface area (Å²) in [5, 5.41) is 3.21. The number of para-hydroxylation sites is 1. The van der Waals surface area contributed by atoms with Crippen LogP contribution in [0.4, 0.5) is 5.69 Å². The van der Waals surface area contributed by atoms with Crippen molar-refractivity contribution in [1.82, 2.24) is 4.98 Å².